The molecule has 2 nitrogen and oxygen atoms in total. The molecule has 0 saturated carbocycles. The van der Waals surface area contributed by atoms with Gasteiger partial charge < -0.3 is 4.90 Å². The summed E-state index contributed by atoms with van der Waals surface area (Å²) < 4.78 is 0. The van der Waals surface area contributed by atoms with Gasteiger partial charge in [0.25, 0.3) is 0 Å². The first-order valence-electron chi connectivity index (χ1n) is 3.29. The Morgan fingerprint density at radius 2 is 2.10 bits per heavy atom. The van der Waals surface area contributed by atoms with Crippen molar-refractivity contribution in [3.05, 3.63) is 25.4 Å². The van der Waals surface area contributed by atoms with Gasteiger partial charge in [0.15, 0.2) is 0 Å². The zero-order valence-corrected chi connectivity index (χ0v) is 6.12. The van der Waals surface area contributed by atoms with E-state index < -0.39 is 0 Å². The van der Waals surface area contributed by atoms with E-state index in [9.17, 15) is 4.79 Å². The standard InChI is InChI=1S/C8H13NO/c1-3-5-6-7-9(4-2)8-10/h3-4,8H,1-2,5-7H2. The number of unbranched alkanes of at least 4 members (excludes halogenated alkanes) is 1. The summed E-state index contributed by atoms with van der Waals surface area (Å²) in [4.78, 5) is 11.7. The molecule has 0 bridgehead atoms. The van der Waals surface area contributed by atoms with Crippen LogP contribution in [0.3, 0.4) is 0 Å². The topological polar surface area (TPSA) is 20.3 Å². The zero-order valence-electron chi connectivity index (χ0n) is 6.12. The summed E-state index contributed by atoms with van der Waals surface area (Å²) in [5.41, 5.74) is 0. The van der Waals surface area contributed by atoms with E-state index in [-0.39, 0.29) is 0 Å². The Bertz CT molecular complexity index is 112. The van der Waals surface area contributed by atoms with Gasteiger partial charge >= 0.3 is 0 Å². The van der Waals surface area contributed by atoms with Crippen molar-refractivity contribution >= 4 is 6.41 Å². The monoisotopic (exact) mass is 139 g/mol. The summed E-state index contributed by atoms with van der Waals surface area (Å²) in [5.74, 6) is 0. The summed E-state index contributed by atoms with van der Waals surface area (Å²) >= 11 is 0. The highest BCUT2D eigenvalue weighted by Gasteiger charge is 1.91. The van der Waals surface area contributed by atoms with Crippen LogP contribution in [0.4, 0.5) is 0 Å². The van der Waals surface area contributed by atoms with Gasteiger partial charge in [0.05, 0.1) is 0 Å². The molecule has 0 aliphatic carbocycles. The van der Waals surface area contributed by atoms with Crippen LogP contribution in [0.1, 0.15) is 12.8 Å². The number of hydrogen-bond acceptors (Lipinski definition) is 1. The first-order valence-corrected chi connectivity index (χ1v) is 3.29. The van der Waals surface area contributed by atoms with Gasteiger partial charge in [-0.05, 0) is 19.0 Å². The first kappa shape index (κ1) is 8.95. The molecule has 10 heavy (non-hydrogen) atoms. The normalized spacial score (nSPS) is 8.40. The van der Waals surface area contributed by atoms with Crippen molar-refractivity contribution in [2.75, 3.05) is 6.54 Å². The van der Waals surface area contributed by atoms with Crippen LogP contribution in [-0.4, -0.2) is 17.9 Å². The Morgan fingerprint density at radius 3 is 2.50 bits per heavy atom. The van der Waals surface area contributed by atoms with Crippen LogP contribution in [0.5, 0.6) is 0 Å². The van der Waals surface area contributed by atoms with Crippen LogP contribution in [0.15, 0.2) is 25.4 Å². The van der Waals surface area contributed by atoms with Gasteiger partial charge in [-0.25, -0.2) is 0 Å². The third-order valence-corrected chi connectivity index (χ3v) is 1.19. The molecule has 0 aliphatic heterocycles. The summed E-state index contributed by atoms with van der Waals surface area (Å²) in [6.45, 7) is 7.79. The molecule has 0 rings (SSSR count). The van der Waals surface area contributed by atoms with Gasteiger partial charge in [-0.2, -0.15) is 0 Å². The minimum Gasteiger partial charge on any atom is -0.322 e. The van der Waals surface area contributed by atoms with Gasteiger partial charge in [0, 0.05) is 6.54 Å². The number of amides is 1. The van der Waals surface area contributed by atoms with Crippen molar-refractivity contribution in [2.45, 2.75) is 12.8 Å². The lowest BCUT2D eigenvalue weighted by molar-refractivity contribution is -0.115. The van der Waals surface area contributed by atoms with Crippen molar-refractivity contribution in [3.63, 3.8) is 0 Å². The molecule has 0 radical (unpaired) electrons. The molecular formula is C8H13NO. The third-order valence-electron chi connectivity index (χ3n) is 1.19. The van der Waals surface area contributed by atoms with E-state index in [0.29, 0.717) is 0 Å². The first-order chi connectivity index (χ1) is 4.85. The van der Waals surface area contributed by atoms with Gasteiger partial charge in [-0.3, -0.25) is 4.79 Å². The number of allylic oxidation sites excluding steroid dienone is 1. The molecule has 0 fully saturated rings. The van der Waals surface area contributed by atoms with E-state index in [0.717, 1.165) is 25.8 Å². The molecule has 0 N–H and O–H groups in total. The smallest absolute Gasteiger partial charge is 0.213 e. The lowest BCUT2D eigenvalue weighted by Gasteiger charge is -2.08. The Kier molecular flexibility index (Phi) is 5.44. The predicted molar refractivity (Wildman–Crippen MR) is 42.4 cm³/mol. The minimum atomic E-state index is 0.735. The van der Waals surface area contributed by atoms with Crippen LogP contribution in [0, 0.1) is 0 Å². The van der Waals surface area contributed by atoms with Crippen molar-refractivity contribution in [2.24, 2.45) is 0 Å². The fourth-order valence-electron chi connectivity index (χ4n) is 0.605. The average Bonchev–Trinajstić information content (AvgIpc) is 1.99. The SMILES string of the molecule is C=CCCCN(C=C)C=O. The van der Waals surface area contributed by atoms with Crippen molar-refractivity contribution in [1.29, 1.82) is 0 Å². The molecule has 0 aromatic carbocycles. The maximum absolute atomic E-state index is 10.2. The highest BCUT2D eigenvalue weighted by Crippen LogP contribution is 1.92. The second-order valence-corrected chi connectivity index (χ2v) is 1.96. The molecule has 1 amide bonds. The summed E-state index contributed by atoms with van der Waals surface area (Å²) in [7, 11) is 0. The van der Waals surface area contributed by atoms with Gasteiger partial charge in [0.2, 0.25) is 6.41 Å². The van der Waals surface area contributed by atoms with Crippen LogP contribution in [0.25, 0.3) is 0 Å². The molecule has 0 aromatic rings. The third kappa shape index (κ3) is 3.89. The van der Waals surface area contributed by atoms with Crippen LogP contribution in [0.2, 0.25) is 0 Å². The maximum Gasteiger partial charge on any atom is 0.213 e. The molecular weight excluding hydrogens is 126 g/mol. The number of rotatable bonds is 6. The summed E-state index contributed by atoms with van der Waals surface area (Å²) in [5, 5.41) is 0. The molecule has 0 spiro atoms. The van der Waals surface area contributed by atoms with E-state index >= 15 is 0 Å². The molecule has 56 valence electrons. The Balaban J connectivity index is 3.34. The maximum atomic E-state index is 10.2. The summed E-state index contributed by atoms with van der Waals surface area (Å²) in [6.07, 6.45) is 6.03. The molecule has 0 heterocycles. The fraction of sp³-hybridized carbons (Fsp3) is 0.375. The quantitative estimate of drug-likeness (QED) is 0.310. The Labute approximate surface area is 61.8 Å². The number of carbonyl (C=O) groups excluding carboxylic acids is 1. The Hall–Kier alpha value is -1.05. The van der Waals surface area contributed by atoms with E-state index in [1.54, 1.807) is 0 Å². The van der Waals surface area contributed by atoms with Gasteiger partial charge in [-0.1, -0.05) is 12.7 Å². The van der Waals surface area contributed by atoms with Crippen molar-refractivity contribution in [3.8, 4) is 0 Å². The highest BCUT2D eigenvalue weighted by molar-refractivity contribution is 5.48. The largest absolute Gasteiger partial charge is 0.322 e. The molecule has 0 atom stereocenters. The van der Waals surface area contributed by atoms with Gasteiger partial charge in [0.1, 0.15) is 0 Å². The zero-order chi connectivity index (χ0) is 7.82. The summed E-state index contributed by atoms with van der Waals surface area (Å²) in [6, 6.07) is 0. The molecule has 0 unspecified atom stereocenters. The number of nitrogens with zero attached hydrogens (tertiary/aromatic N) is 1. The fourth-order valence-corrected chi connectivity index (χ4v) is 0.605. The van der Waals surface area contributed by atoms with Crippen molar-refractivity contribution in [1.82, 2.24) is 4.90 Å². The van der Waals surface area contributed by atoms with Crippen LogP contribution < -0.4 is 0 Å². The molecule has 0 aromatic heterocycles. The average molecular weight is 139 g/mol. The highest BCUT2D eigenvalue weighted by atomic mass is 16.1. The molecule has 0 saturated heterocycles. The lowest BCUT2D eigenvalue weighted by atomic mass is 10.3. The lowest BCUT2D eigenvalue weighted by Crippen LogP contribution is -2.15. The predicted octanol–water partition coefficient (Wildman–Crippen LogP) is 1.55. The van der Waals surface area contributed by atoms with E-state index in [2.05, 4.69) is 13.2 Å². The van der Waals surface area contributed by atoms with E-state index in [1.165, 1.54) is 11.1 Å². The second kappa shape index (κ2) is 6.08. The van der Waals surface area contributed by atoms with Crippen LogP contribution in [-0.2, 0) is 4.79 Å². The van der Waals surface area contributed by atoms with Gasteiger partial charge in [-0.15, -0.1) is 6.58 Å². The Morgan fingerprint density at radius 1 is 1.40 bits per heavy atom. The number of carbonyl (C=O) groups is 1. The minimum absolute atomic E-state index is 0.735. The van der Waals surface area contributed by atoms with E-state index in [4.69, 9.17) is 0 Å². The van der Waals surface area contributed by atoms with Crippen molar-refractivity contribution < 1.29 is 4.79 Å². The second-order valence-electron chi connectivity index (χ2n) is 1.96. The van der Waals surface area contributed by atoms with E-state index in [1.807, 2.05) is 6.08 Å². The number of hydrogen-bond donors (Lipinski definition) is 0. The molecule has 0 aliphatic rings. The van der Waals surface area contributed by atoms with Crippen LogP contribution >= 0.6 is 0 Å². The molecule has 2 heteroatoms.